The molecule has 1 aliphatic heterocycles. The Morgan fingerprint density at radius 2 is 1.83 bits per heavy atom. The first-order valence-electron chi connectivity index (χ1n) is 7.57. The van der Waals surface area contributed by atoms with E-state index in [1.165, 1.54) is 10.5 Å². The first kappa shape index (κ1) is 15.6. The van der Waals surface area contributed by atoms with Crippen molar-refractivity contribution in [3.63, 3.8) is 0 Å². The van der Waals surface area contributed by atoms with Crippen molar-refractivity contribution in [3.05, 3.63) is 59.1 Å². The van der Waals surface area contributed by atoms with Gasteiger partial charge in [-0.05, 0) is 36.2 Å². The number of imide groups is 1. The molecule has 0 aliphatic carbocycles. The molecule has 1 unspecified atom stereocenters. The van der Waals surface area contributed by atoms with Gasteiger partial charge in [-0.3, -0.25) is 9.59 Å². The fourth-order valence-corrected chi connectivity index (χ4v) is 2.89. The molecular weight excluding hydrogens is 312 g/mol. The van der Waals surface area contributed by atoms with E-state index in [0.29, 0.717) is 10.7 Å². The number of aryl methyl sites for hydroxylation is 1. The number of hydrogen-bond acceptors (Lipinski definition) is 3. The summed E-state index contributed by atoms with van der Waals surface area (Å²) in [6.45, 7) is 2.09. The third kappa shape index (κ3) is 3.08. The van der Waals surface area contributed by atoms with Gasteiger partial charge in [-0.15, -0.1) is 0 Å². The van der Waals surface area contributed by atoms with E-state index in [9.17, 15) is 9.59 Å². The first-order chi connectivity index (χ1) is 11.1. The number of nitrogens with zero attached hydrogens (tertiary/aromatic N) is 1. The van der Waals surface area contributed by atoms with Crippen molar-refractivity contribution in [2.45, 2.75) is 25.8 Å². The van der Waals surface area contributed by atoms with Gasteiger partial charge in [-0.25, -0.2) is 4.90 Å². The molecule has 1 heterocycles. The van der Waals surface area contributed by atoms with Gasteiger partial charge in [0.15, 0.2) is 0 Å². The predicted octanol–water partition coefficient (Wildman–Crippen LogP) is 3.65. The number of hydrogen-bond donors (Lipinski definition) is 1. The quantitative estimate of drug-likeness (QED) is 0.872. The van der Waals surface area contributed by atoms with Gasteiger partial charge in [0, 0.05) is 5.69 Å². The smallest absolute Gasteiger partial charge is 0.256 e. The summed E-state index contributed by atoms with van der Waals surface area (Å²) in [6.07, 6.45) is 1.08. The molecule has 118 valence electrons. The third-order valence-corrected chi connectivity index (χ3v) is 4.26. The summed E-state index contributed by atoms with van der Waals surface area (Å²) in [6, 6.07) is 14.2. The highest BCUT2D eigenvalue weighted by molar-refractivity contribution is 6.36. The molecule has 23 heavy (non-hydrogen) atoms. The maximum Gasteiger partial charge on any atom is 0.256 e. The van der Waals surface area contributed by atoms with Gasteiger partial charge in [-0.2, -0.15) is 0 Å². The number of carbonyl (C=O) groups is 2. The Balaban J connectivity index is 1.79. The summed E-state index contributed by atoms with van der Waals surface area (Å²) in [7, 11) is 0. The van der Waals surface area contributed by atoms with Crippen LogP contribution in [-0.4, -0.2) is 17.9 Å². The molecule has 2 aromatic carbocycles. The van der Waals surface area contributed by atoms with Crippen LogP contribution in [0.25, 0.3) is 0 Å². The molecule has 2 amide bonds. The van der Waals surface area contributed by atoms with E-state index in [1.54, 1.807) is 24.3 Å². The normalized spacial score (nSPS) is 17.7. The van der Waals surface area contributed by atoms with Crippen LogP contribution >= 0.6 is 11.6 Å². The standard InChI is InChI=1S/C18H17ClN2O2/c1-2-12-7-9-13(10-8-12)20-15-11-17(22)21(18(15)23)16-6-4-3-5-14(16)19/h3-10,15,20H,2,11H2,1H3. The Morgan fingerprint density at radius 3 is 2.48 bits per heavy atom. The zero-order valence-corrected chi connectivity index (χ0v) is 13.5. The van der Waals surface area contributed by atoms with E-state index in [2.05, 4.69) is 12.2 Å². The van der Waals surface area contributed by atoms with Crippen LogP contribution in [0, 0.1) is 0 Å². The minimum Gasteiger partial charge on any atom is -0.373 e. The van der Waals surface area contributed by atoms with Crippen LogP contribution in [0.1, 0.15) is 18.9 Å². The Hall–Kier alpha value is -2.33. The van der Waals surface area contributed by atoms with E-state index < -0.39 is 6.04 Å². The monoisotopic (exact) mass is 328 g/mol. The molecule has 5 heteroatoms. The second-order valence-electron chi connectivity index (χ2n) is 5.47. The van der Waals surface area contributed by atoms with E-state index in [-0.39, 0.29) is 18.2 Å². The van der Waals surface area contributed by atoms with Crippen molar-refractivity contribution < 1.29 is 9.59 Å². The van der Waals surface area contributed by atoms with Crippen molar-refractivity contribution in [2.75, 3.05) is 10.2 Å². The Kier molecular flexibility index (Phi) is 4.35. The van der Waals surface area contributed by atoms with E-state index in [0.717, 1.165) is 12.1 Å². The number of benzene rings is 2. The number of halogens is 1. The average Bonchev–Trinajstić information content (AvgIpc) is 2.83. The van der Waals surface area contributed by atoms with Gasteiger partial charge in [-0.1, -0.05) is 42.8 Å². The highest BCUT2D eigenvalue weighted by Crippen LogP contribution is 2.30. The number of amides is 2. The second-order valence-corrected chi connectivity index (χ2v) is 5.88. The molecule has 2 aromatic rings. The van der Waals surface area contributed by atoms with Crippen LogP contribution in [-0.2, 0) is 16.0 Å². The molecule has 0 radical (unpaired) electrons. The number of para-hydroxylation sites is 1. The largest absolute Gasteiger partial charge is 0.373 e. The summed E-state index contributed by atoms with van der Waals surface area (Å²) >= 11 is 6.11. The second kappa shape index (κ2) is 6.42. The summed E-state index contributed by atoms with van der Waals surface area (Å²) in [5, 5.41) is 3.53. The number of rotatable bonds is 4. The maximum absolute atomic E-state index is 12.6. The van der Waals surface area contributed by atoms with Crippen molar-refractivity contribution in [2.24, 2.45) is 0 Å². The van der Waals surface area contributed by atoms with Crippen LogP contribution in [0.3, 0.4) is 0 Å². The minimum atomic E-state index is -0.564. The van der Waals surface area contributed by atoms with Crippen molar-refractivity contribution in [1.82, 2.24) is 0 Å². The van der Waals surface area contributed by atoms with Crippen LogP contribution < -0.4 is 10.2 Å². The SMILES string of the molecule is CCc1ccc(NC2CC(=O)N(c3ccccc3Cl)C2=O)cc1. The fraction of sp³-hybridized carbons (Fsp3) is 0.222. The minimum absolute atomic E-state index is 0.125. The molecule has 1 saturated heterocycles. The molecule has 1 N–H and O–H groups in total. The maximum atomic E-state index is 12.6. The third-order valence-electron chi connectivity index (χ3n) is 3.94. The lowest BCUT2D eigenvalue weighted by molar-refractivity contribution is -0.121. The molecule has 0 aromatic heterocycles. The molecule has 1 atom stereocenters. The fourth-order valence-electron chi connectivity index (χ4n) is 2.67. The van der Waals surface area contributed by atoms with Gasteiger partial charge in [0.25, 0.3) is 5.91 Å². The summed E-state index contributed by atoms with van der Waals surface area (Å²) in [4.78, 5) is 26.0. The average molecular weight is 329 g/mol. The van der Waals surface area contributed by atoms with Crippen molar-refractivity contribution in [1.29, 1.82) is 0 Å². The van der Waals surface area contributed by atoms with Crippen LogP contribution in [0.15, 0.2) is 48.5 Å². The number of carbonyl (C=O) groups excluding carboxylic acids is 2. The number of anilines is 2. The van der Waals surface area contributed by atoms with E-state index in [1.807, 2.05) is 24.3 Å². The molecule has 0 saturated carbocycles. The first-order valence-corrected chi connectivity index (χ1v) is 7.94. The highest BCUT2D eigenvalue weighted by atomic mass is 35.5. The van der Waals surface area contributed by atoms with Gasteiger partial charge in [0.05, 0.1) is 17.1 Å². The molecular formula is C18H17ClN2O2. The molecule has 0 spiro atoms. The van der Waals surface area contributed by atoms with Crippen molar-refractivity contribution >= 4 is 34.8 Å². The van der Waals surface area contributed by atoms with Crippen LogP contribution in [0.5, 0.6) is 0 Å². The lowest BCUT2D eigenvalue weighted by Gasteiger charge is -2.17. The zero-order chi connectivity index (χ0) is 16.4. The Bertz CT molecular complexity index is 743. The van der Waals surface area contributed by atoms with Crippen LogP contribution in [0.4, 0.5) is 11.4 Å². The molecule has 4 nitrogen and oxygen atoms in total. The van der Waals surface area contributed by atoms with E-state index in [4.69, 9.17) is 11.6 Å². The van der Waals surface area contributed by atoms with Gasteiger partial charge >= 0.3 is 0 Å². The molecule has 0 bridgehead atoms. The van der Waals surface area contributed by atoms with Gasteiger partial charge in [0.2, 0.25) is 5.91 Å². The highest BCUT2D eigenvalue weighted by Gasteiger charge is 2.40. The van der Waals surface area contributed by atoms with Crippen LogP contribution in [0.2, 0.25) is 5.02 Å². The Morgan fingerprint density at radius 1 is 1.13 bits per heavy atom. The van der Waals surface area contributed by atoms with Gasteiger partial charge < -0.3 is 5.32 Å². The lowest BCUT2D eigenvalue weighted by Crippen LogP contribution is -2.35. The van der Waals surface area contributed by atoms with E-state index >= 15 is 0 Å². The summed E-state index contributed by atoms with van der Waals surface area (Å²) < 4.78 is 0. The zero-order valence-electron chi connectivity index (χ0n) is 12.8. The topological polar surface area (TPSA) is 49.4 Å². The summed E-state index contributed by atoms with van der Waals surface area (Å²) in [5.41, 5.74) is 2.49. The molecule has 1 aliphatic rings. The predicted molar refractivity (Wildman–Crippen MR) is 91.8 cm³/mol. The number of nitrogens with one attached hydrogen (secondary N) is 1. The van der Waals surface area contributed by atoms with Gasteiger partial charge in [0.1, 0.15) is 6.04 Å². The molecule has 1 fully saturated rings. The molecule has 3 rings (SSSR count). The lowest BCUT2D eigenvalue weighted by atomic mass is 10.1. The Labute approximate surface area is 140 Å². The summed E-state index contributed by atoms with van der Waals surface area (Å²) in [5.74, 6) is -0.520. The van der Waals surface area contributed by atoms with Crippen molar-refractivity contribution in [3.8, 4) is 0 Å².